The standard InChI is InChI=1S/C29H30ClFN4O3/c1-6-8-20-14-32-35(15-20)26-11-17(2)33-28-22(26)9-7-10-27(28)38-16-24-23(12-21(31)13-25(24)30)18(3)34-29(36)19(4)37-5/h6-7,9-15,18-19H,1,8,16H2,2-5H3,(H,34,36)/t18-,19-/m0/s1. The summed E-state index contributed by atoms with van der Waals surface area (Å²) in [6, 6.07) is 9.70. The first-order valence-electron chi connectivity index (χ1n) is 12.2. The number of nitrogens with one attached hydrogen (secondary N) is 1. The predicted molar refractivity (Wildman–Crippen MR) is 146 cm³/mol. The molecule has 1 amide bonds. The van der Waals surface area contributed by atoms with Gasteiger partial charge in [0.25, 0.3) is 0 Å². The number of ether oxygens (including phenoxy) is 2. The van der Waals surface area contributed by atoms with Crippen molar-refractivity contribution in [1.29, 1.82) is 0 Å². The van der Waals surface area contributed by atoms with E-state index in [-0.39, 0.29) is 17.5 Å². The molecule has 9 heteroatoms. The number of aromatic nitrogens is 3. The second kappa shape index (κ2) is 11.8. The highest BCUT2D eigenvalue weighted by atomic mass is 35.5. The molecule has 198 valence electrons. The number of carbonyl (C=O) groups is 1. The van der Waals surface area contributed by atoms with E-state index in [0.717, 1.165) is 28.8 Å². The largest absolute Gasteiger partial charge is 0.487 e. The van der Waals surface area contributed by atoms with E-state index in [9.17, 15) is 9.18 Å². The van der Waals surface area contributed by atoms with Crippen LogP contribution in [0.25, 0.3) is 16.6 Å². The van der Waals surface area contributed by atoms with Crippen molar-refractivity contribution in [2.45, 2.75) is 45.9 Å². The topological polar surface area (TPSA) is 78.3 Å². The van der Waals surface area contributed by atoms with Crippen molar-refractivity contribution in [2.24, 2.45) is 0 Å². The summed E-state index contributed by atoms with van der Waals surface area (Å²) in [6.07, 6.45) is 5.69. The van der Waals surface area contributed by atoms with Gasteiger partial charge in [-0.05, 0) is 62.6 Å². The van der Waals surface area contributed by atoms with Gasteiger partial charge in [0.05, 0.1) is 22.9 Å². The lowest BCUT2D eigenvalue weighted by atomic mass is 10.0. The zero-order chi connectivity index (χ0) is 27.4. The number of aryl methyl sites for hydroxylation is 1. The van der Waals surface area contributed by atoms with Crippen LogP contribution in [-0.2, 0) is 22.6 Å². The van der Waals surface area contributed by atoms with Crippen LogP contribution < -0.4 is 10.1 Å². The minimum Gasteiger partial charge on any atom is -0.487 e. The van der Waals surface area contributed by atoms with Crippen LogP contribution in [0.15, 0.2) is 61.4 Å². The first kappa shape index (κ1) is 27.3. The third-order valence-corrected chi connectivity index (χ3v) is 6.62. The van der Waals surface area contributed by atoms with Gasteiger partial charge in [-0.1, -0.05) is 29.8 Å². The number of rotatable bonds is 10. The fourth-order valence-electron chi connectivity index (χ4n) is 4.23. The van der Waals surface area contributed by atoms with Crippen LogP contribution in [-0.4, -0.2) is 33.9 Å². The summed E-state index contributed by atoms with van der Waals surface area (Å²) in [4.78, 5) is 17.1. The van der Waals surface area contributed by atoms with Crippen molar-refractivity contribution in [3.05, 3.63) is 94.7 Å². The van der Waals surface area contributed by atoms with Gasteiger partial charge < -0.3 is 14.8 Å². The summed E-state index contributed by atoms with van der Waals surface area (Å²) in [6.45, 7) is 9.14. The molecule has 0 aliphatic heterocycles. The summed E-state index contributed by atoms with van der Waals surface area (Å²) < 4.78 is 27.4. The van der Waals surface area contributed by atoms with Crippen molar-refractivity contribution in [3.63, 3.8) is 0 Å². The third kappa shape index (κ3) is 5.87. The molecule has 0 spiro atoms. The van der Waals surface area contributed by atoms with Crippen molar-refractivity contribution in [1.82, 2.24) is 20.1 Å². The van der Waals surface area contributed by atoms with E-state index in [1.165, 1.54) is 19.2 Å². The molecule has 0 saturated carbocycles. The van der Waals surface area contributed by atoms with E-state index in [4.69, 9.17) is 26.1 Å². The van der Waals surface area contributed by atoms with Gasteiger partial charge in [-0.3, -0.25) is 4.79 Å². The number of carbonyl (C=O) groups excluding carboxylic acids is 1. The highest BCUT2D eigenvalue weighted by molar-refractivity contribution is 6.31. The lowest BCUT2D eigenvalue weighted by Crippen LogP contribution is -2.36. The molecule has 1 N–H and O–H groups in total. The lowest BCUT2D eigenvalue weighted by molar-refractivity contribution is -0.130. The zero-order valence-electron chi connectivity index (χ0n) is 21.8. The van der Waals surface area contributed by atoms with Gasteiger partial charge in [0.2, 0.25) is 5.91 Å². The highest BCUT2D eigenvalue weighted by Crippen LogP contribution is 2.32. The Labute approximate surface area is 226 Å². The molecule has 0 aliphatic rings. The van der Waals surface area contributed by atoms with E-state index in [1.54, 1.807) is 13.8 Å². The fraction of sp³-hybridized carbons (Fsp3) is 0.276. The monoisotopic (exact) mass is 536 g/mol. The van der Waals surface area contributed by atoms with Gasteiger partial charge in [0.1, 0.15) is 29.8 Å². The van der Waals surface area contributed by atoms with Crippen molar-refractivity contribution >= 4 is 28.4 Å². The summed E-state index contributed by atoms with van der Waals surface area (Å²) in [5.41, 5.74) is 4.47. The molecule has 2 aromatic heterocycles. The minimum atomic E-state index is -0.650. The van der Waals surface area contributed by atoms with Crippen LogP contribution in [0.1, 0.15) is 42.3 Å². The van der Waals surface area contributed by atoms with Crippen LogP contribution >= 0.6 is 11.6 Å². The molecule has 0 radical (unpaired) electrons. The van der Waals surface area contributed by atoms with Gasteiger partial charge in [0.15, 0.2) is 0 Å². The van der Waals surface area contributed by atoms with E-state index >= 15 is 0 Å². The molecule has 7 nitrogen and oxygen atoms in total. The smallest absolute Gasteiger partial charge is 0.249 e. The molecule has 0 aliphatic carbocycles. The maximum atomic E-state index is 14.3. The summed E-state index contributed by atoms with van der Waals surface area (Å²) in [7, 11) is 1.45. The number of methoxy groups -OCH3 is 1. The first-order chi connectivity index (χ1) is 18.2. The average molecular weight is 537 g/mol. The predicted octanol–water partition coefficient (Wildman–Crippen LogP) is 6.04. The number of pyridine rings is 1. The zero-order valence-corrected chi connectivity index (χ0v) is 22.6. The maximum Gasteiger partial charge on any atom is 0.249 e. The summed E-state index contributed by atoms with van der Waals surface area (Å²) in [5.74, 6) is -0.276. The van der Waals surface area contributed by atoms with Crippen LogP contribution in [0.2, 0.25) is 5.02 Å². The number of hydrogen-bond acceptors (Lipinski definition) is 5. The molecule has 2 heterocycles. The Morgan fingerprint density at radius 1 is 1.29 bits per heavy atom. The maximum absolute atomic E-state index is 14.3. The number of hydrogen-bond donors (Lipinski definition) is 1. The number of nitrogens with zero attached hydrogens (tertiary/aromatic N) is 3. The molecule has 4 rings (SSSR count). The molecule has 0 bridgehead atoms. The van der Waals surface area contributed by atoms with Gasteiger partial charge in [-0.25, -0.2) is 14.1 Å². The molecule has 0 fully saturated rings. The molecule has 2 atom stereocenters. The van der Waals surface area contributed by atoms with Gasteiger partial charge in [-0.2, -0.15) is 5.10 Å². The molecule has 2 aromatic carbocycles. The number of halogens is 2. The van der Waals surface area contributed by atoms with Crippen molar-refractivity contribution in [3.8, 4) is 11.4 Å². The van der Waals surface area contributed by atoms with Crippen LogP contribution in [0.5, 0.6) is 5.75 Å². The van der Waals surface area contributed by atoms with Crippen molar-refractivity contribution < 1.29 is 18.7 Å². The van der Waals surface area contributed by atoms with E-state index in [0.29, 0.717) is 22.4 Å². The number of para-hydroxylation sites is 1. The van der Waals surface area contributed by atoms with Gasteiger partial charge in [0, 0.05) is 30.0 Å². The van der Waals surface area contributed by atoms with Crippen LogP contribution in [0.3, 0.4) is 0 Å². The average Bonchev–Trinajstić information content (AvgIpc) is 3.35. The number of benzene rings is 2. The van der Waals surface area contributed by atoms with E-state index in [2.05, 4.69) is 17.0 Å². The Balaban J connectivity index is 1.67. The summed E-state index contributed by atoms with van der Waals surface area (Å²) in [5, 5.41) is 8.42. The second-order valence-electron chi connectivity index (χ2n) is 9.07. The van der Waals surface area contributed by atoms with Crippen molar-refractivity contribution in [2.75, 3.05) is 7.11 Å². The second-order valence-corrected chi connectivity index (χ2v) is 9.48. The van der Waals surface area contributed by atoms with E-state index < -0.39 is 18.0 Å². The normalized spacial score (nSPS) is 12.8. The lowest BCUT2D eigenvalue weighted by Gasteiger charge is -2.21. The van der Waals surface area contributed by atoms with E-state index in [1.807, 2.05) is 54.3 Å². The Morgan fingerprint density at radius 2 is 2.08 bits per heavy atom. The van der Waals surface area contributed by atoms with Gasteiger partial charge >= 0.3 is 0 Å². The Bertz CT molecular complexity index is 1490. The number of fused-ring (bicyclic) bond motifs is 1. The number of allylic oxidation sites excluding steroid dienone is 1. The highest BCUT2D eigenvalue weighted by Gasteiger charge is 2.21. The van der Waals surface area contributed by atoms with Gasteiger partial charge in [-0.15, -0.1) is 6.58 Å². The molecular weight excluding hydrogens is 507 g/mol. The fourth-order valence-corrected chi connectivity index (χ4v) is 4.49. The Morgan fingerprint density at radius 3 is 2.82 bits per heavy atom. The Hall–Kier alpha value is -3.75. The quantitative estimate of drug-likeness (QED) is 0.250. The third-order valence-electron chi connectivity index (χ3n) is 6.29. The first-order valence-corrected chi connectivity index (χ1v) is 12.6. The summed E-state index contributed by atoms with van der Waals surface area (Å²) >= 11 is 6.46. The molecular formula is C29H30ClFN4O3. The molecule has 4 aromatic rings. The Kier molecular flexibility index (Phi) is 8.44. The van der Waals surface area contributed by atoms with Crippen LogP contribution in [0.4, 0.5) is 4.39 Å². The molecule has 0 saturated heterocycles. The SMILES string of the molecule is C=CCc1cnn(-c2cc(C)nc3c(OCc4c(Cl)cc(F)cc4[C@H](C)NC(=O)[C@H](C)OC)cccc23)c1. The number of amides is 1. The minimum absolute atomic E-state index is 0.0454. The van der Waals surface area contributed by atoms with Crippen LogP contribution in [0, 0.1) is 12.7 Å². The molecule has 38 heavy (non-hydrogen) atoms. The molecule has 0 unspecified atom stereocenters.